The van der Waals surface area contributed by atoms with E-state index in [1.54, 1.807) is 28.5 Å². The predicted molar refractivity (Wildman–Crippen MR) is 144 cm³/mol. The minimum Gasteiger partial charge on any atom is -0.479 e. The number of aromatic nitrogens is 1. The van der Waals surface area contributed by atoms with Gasteiger partial charge in [-0.3, -0.25) is 4.79 Å². The van der Waals surface area contributed by atoms with Gasteiger partial charge in [-0.2, -0.15) is 0 Å². The molecule has 36 heavy (non-hydrogen) atoms. The maximum Gasteiger partial charge on any atom is 0.344 e. The summed E-state index contributed by atoms with van der Waals surface area (Å²) in [6, 6.07) is 31.7. The molecule has 0 fully saturated rings. The van der Waals surface area contributed by atoms with E-state index < -0.39 is 12.1 Å². The average Bonchev–Trinajstić information content (AvgIpc) is 2.90. The van der Waals surface area contributed by atoms with E-state index in [2.05, 4.69) is 24.3 Å². The van der Waals surface area contributed by atoms with Gasteiger partial charge in [0.1, 0.15) is 5.75 Å². The molecule has 0 amide bonds. The van der Waals surface area contributed by atoms with Gasteiger partial charge in [-0.1, -0.05) is 72.8 Å². The first kappa shape index (κ1) is 25.3. The maximum atomic E-state index is 12.6. The van der Waals surface area contributed by atoms with Crippen molar-refractivity contribution in [2.45, 2.75) is 36.8 Å². The van der Waals surface area contributed by atoms with E-state index in [1.807, 2.05) is 66.9 Å². The van der Waals surface area contributed by atoms with E-state index in [0.717, 1.165) is 22.6 Å². The molecule has 0 radical (unpaired) electrons. The van der Waals surface area contributed by atoms with Crippen LogP contribution in [0.15, 0.2) is 113 Å². The first-order valence-electron chi connectivity index (χ1n) is 11.9. The molecule has 6 heteroatoms. The summed E-state index contributed by atoms with van der Waals surface area (Å²) < 4.78 is 7.25. The summed E-state index contributed by atoms with van der Waals surface area (Å²) in [4.78, 5) is 24.7. The van der Waals surface area contributed by atoms with Crippen LogP contribution in [0.2, 0.25) is 0 Å². The summed E-state index contributed by atoms with van der Waals surface area (Å²) in [6.07, 6.45) is 1.89. The summed E-state index contributed by atoms with van der Waals surface area (Å²) in [6.45, 7) is 2.12. The highest BCUT2D eigenvalue weighted by Crippen LogP contribution is 2.31. The van der Waals surface area contributed by atoms with Crippen LogP contribution in [-0.4, -0.2) is 27.5 Å². The Morgan fingerprint density at radius 2 is 1.56 bits per heavy atom. The largest absolute Gasteiger partial charge is 0.479 e. The number of carboxylic acids is 1. The van der Waals surface area contributed by atoms with Crippen molar-refractivity contribution in [3.63, 3.8) is 0 Å². The number of aliphatic carboxylic acids is 1. The highest BCUT2D eigenvalue weighted by Gasteiger charge is 2.17. The number of carboxylic acid groups (broad SMARTS) is 1. The molecular weight excluding hydrogens is 470 g/mol. The minimum atomic E-state index is -0.998. The Kier molecular flexibility index (Phi) is 8.63. The number of ether oxygens (including phenoxy) is 1. The van der Waals surface area contributed by atoms with Crippen molar-refractivity contribution in [2.24, 2.45) is 0 Å². The Hall–Kier alpha value is -3.77. The molecule has 184 valence electrons. The van der Waals surface area contributed by atoms with Gasteiger partial charge in [-0.05, 0) is 54.0 Å². The number of pyridine rings is 1. The van der Waals surface area contributed by atoms with E-state index in [1.165, 1.54) is 18.1 Å². The van der Waals surface area contributed by atoms with E-state index >= 15 is 0 Å². The number of hydrogen-bond donors (Lipinski definition) is 1. The van der Waals surface area contributed by atoms with Crippen LogP contribution in [0.1, 0.15) is 36.0 Å². The first-order chi connectivity index (χ1) is 17.5. The van der Waals surface area contributed by atoms with Crippen LogP contribution in [-0.2, 0) is 11.3 Å². The van der Waals surface area contributed by atoms with Crippen LogP contribution >= 0.6 is 11.8 Å². The Morgan fingerprint density at radius 1 is 0.889 bits per heavy atom. The van der Waals surface area contributed by atoms with E-state index in [4.69, 9.17) is 9.84 Å². The molecule has 0 aliphatic carbocycles. The normalized spacial score (nSPS) is 11.8. The van der Waals surface area contributed by atoms with Crippen molar-refractivity contribution >= 4 is 17.7 Å². The van der Waals surface area contributed by atoms with E-state index in [-0.39, 0.29) is 11.5 Å². The highest BCUT2D eigenvalue weighted by atomic mass is 32.2. The molecule has 0 saturated heterocycles. The molecule has 0 spiro atoms. The molecule has 0 aliphatic heterocycles. The van der Waals surface area contributed by atoms with Crippen LogP contribution in [0.3, 0.4) is 0 Å². The smallest absolute Gasteiger partial charge is 0.344 e. The number of hydrogen-bond acceptors (Lipinski definition) is 4. The molecule has 0 bridgehead atoms. The molecule has 0 aliphatic rings. The van der Waals surface area contributed by atoms with Gasteiger partial charge in [0.15, 0.2) is 6.10 Å². The zero-order chi connectivity index (χ0) is 25.3. The minimum absolute atomic E-state index is 0.0123. The number of thioether (sulfide) groups is 1. The second-order valence-corrected chi connectivity index (χ2v) is 9.69. The Labute approximate surface area is 215 Å². The van der Waals surface area contributed by atoms with Crippen molar-refractivity contribution in [1.82, 2.24) is 4.57 Å². The van der Waals surface area contributed by atoms with Crippen molar-refractivity contribution < 1.29 is 14.6 Å². The van der Waals surface area contributed by atoms with Crippen molar-refractivity contribution in [2.75, 3.05) is 5.75 Å². The molecular formula is C30H29NO4S. The molecule has 3 aromatic carbocycles. The van der Waals surface area contributed by atoms with Crippen LogP contribution < -0.4 is 10.3 Å². The van der Waals surface area contributed by atoms with Crippen LogP contribution in [0.4, 0.5) is 0 Å². The SMILES string of the molecule is CC(Oc1cccc(SCCCn2cc(C(c3ccccc3)c3ccccc3)ccc2=O)c1)C(=O)O. The number of carbonyl (C=O) groups is 1. The van der Waals surface area contributed by atoms with Crippen LogP contribution in [0.5, 0.6) is 5.75 Å². The maximum absolute atomic E-state index is 12.6. The second kappa shape index (κ2) is 12.3. The standard InChI is InChI=1S/C30H29NO4S/c1-22(30(33)34)35-26-14-8-15-27(20-26)36-19-9-18-31-21-25(16-17-28(31)32)29(23-10-4-2-5-11-23)24-12-6-3-7-13-24/h2-8,10-17,20-22,29H,9,18-19H2,1H3,(H,33,34). The van der Waals surface area contributed by atoms with Gasteiger partial charge >= 0.3 is 5.97 Å². The van der Waals surface area contributed by atoms with Crippen molar-refractivity contribution in [1.29, 1.82) is 0 Å². The monoisotopic (exact) mass is 499 g/mol. The predicted octanol–water partition coefficient (Wildman–Crippen LogP) is 6.06. The topological polar surface area (TPSA) is 68.5 Å². The number of benzene rings is 3. The number of rotatable bonds is 11. The summed E-state index contributed by atoms with van der Waals surface area (Å²) in [5.41, 5.74) is 3.44. The summed E-state index contributed by atoms with van der Waals surface area (Å²) >= 11 is 1.66. The third-order valence-electron chi connectivity index (χ3n) is 5.88. The van der Waals surface area contributed by atoms with Gasteiger partial charge in [0, 0.05) is 29.6 Å². The lowest BCUT2D eigenvalue weighted by Crippen LogP contribution is -2.22. The van der Waals surface area contributed by atoms with Gasteiger partial charge in [0.05, 0.1) is 0 Å². The third kappa shape index (κ3) is 6.67. The highest BCUT2D eigenvalue weighted by molar-refractivity contribution is 7.99. The molecule has 1 aromatic heterocycles. The van der Waals surface area contributed by atoms with Gasteiger partial charge < -0.3 is 14.4 Å². The molecule has 4 aromatic rings. The average molecular weight is 500 g/mol. The number of nitrogens with zero attached hydrogens (tertiary/aromatic N) is 1. The fourth-order valence-electron chi connectivity index (χ4n) is 4.08. The van der Waals surface area contributed by atoms with Crippen molar-refractivity contribution in [3.05, 3.63) is 130 Å². The second-order valence-electron chi connectivity index (χ2n) is 8.52. The zero-order valence-corrected chi connectivity index (χ0v) is 20.9. The molecule has 1 atom stereocenters. The Balaban J connectivity index is 1.44. The van der Waals surface area contributed by atoms with Crippen LogP contribution in [0, 0.1) is 0 Å². The summed E-state index contributed by atoms with van der Waals surface area (Å²) in [7, 11) is 0. The summed E-state index contributed by atoms with van der Waals surface area (Å²) in [5.74, 6) is 0.397. The van der Waals surface area contributed by atoms with Gasteiger partial charge in [0.2, 0.25) is 0 Å². The fraction of sp³-hybridized carbons (Fsp3) is 0.200. The molecule has 4 rings (SSSR count). The lowest BCUT2D eigenvalue weighted by molar-refractivity contribution is -0.144. The van der Waals surface area contributed by atoms with E-state index in [0.29, 0.717) is 12.3 Å². The fourth-order valence-corrected chi connectivity index (χ4v) is 4.96. The summed E-state index contributed by atoms with van der Waals surface area (Å²) in [5, 5.41) is 9.04. The van der Waals surface area contributed by atoms with Crippen molar-refractivity contribution in [3.8, 4) is 5.75 Å². The zero-order valence-electron chi connectivity index (χ0n) is 20.1. The Bertz CT molecular complexity index is 1300. The quantitative estimate of drug-likeness (QED) is 0.201. The van der Waals surface area contributed by atoms with Gasteiger partial charge in [-0.25, -0.2) is 4.79 Å². The van der Waals surface area contributed by atoms with Gasteiger partial charge in [-0.15, -0.1) is 11.8 Å². The van der Waals surface area contributed by atoms with Gasteiger partial charge in [0.25, 0.3) is 5.56 Å². The van der Waals surface area contributed by atoms with E-state index in [9.17, 15) is 9.59 Å². The number of aryl methyl sites for hydroxylation is 1. The lowest BCUT2D eigenvalue weighted by Gasteiger charge is -2.20. The Morgan fingerprint density at radius 3 is 2.19 bits per heavy atom. The molecule has 1 N–H and O–H groups in total. The first-order valence-corrected chi connectivity index (χ1v) is 12.9. The molecule has 1 unspecified atom stereocenters. The van der Waals surface area contributed by atoms with Crippen LogP contribution in [0.25, 0.3) is 0 Å². The molecule has 0 saturated carbocycles. The molecule has 1 heterocycles. The third-order valence-corrected chi connectivity index (χ3v) is 6.96. The lowest BCUT2D eigenvalue weighted by atomic mass is 9.86. The molecule has 5 nitrogen and oxygen atoms in total.